The first-order chi connectivity index (χ1) is 12.7. The van der Waals surface area contributed by atoms with Gasteiger partial charge in [-0.1, -0.05) is 57.9 Å². The molecule has 0 spiro atoms. The average Bonchev–Trinajstić information content (AvgIpc) is 2.59. The summed E-state index contributed by atoms with van der Waals surface area (Å²) in [5.74, 6) is 3.80. The fraction of sp³-hybridized carbons (Fsp3) is 0.478. The van der Waals surface area contributed by atoms with Gasteiger partial charge in [0, 0.05) is 6.54 Å². The van der Waals surface area contributed by atoms with Crippen LogP contribution in [0.15, 0.2) is 29.1 Å². The van der Waals surface area contributed by atoms with Gasteiger partial charge >= 0.3 is 0 Å². The summed E-state index contributed by atoms with van der Waals surface area (Å²) < 4.78 is 7.65. The van der Waals surface area contributed by atoms with Crippen LogP contribution < -0.4 is 10.3 Å². The van der Waals surface area contributed by atoms with Crippen molar-refractivity contribution in [3.05, 3.63) is 45.9 Å². The van der Waals surface area contributed by atoms with Crippen molar-refractivity contribution in [1.82, 2.24) is 9.78 Å². The molecule has 0 aliphatic heterocycles. The molecule has 1 unspecified atom stereocenters. The van der Waals surface area contributed by atoms with Gasteiger partial charge < -0.3 is 4.74 Å². The number of ether oxygens (including phenoxy) is 1. The van der Waals surface area contributed by atoms with Crippen LogP contribution in [0.2, 0.25) is 0 Å². The van der Waals surface area contributed by atoms with Crippen molar-refractivity contribution in [1.29, 1.82) is 0 Å². The van der Waals surface area contributed by atoms with Crippen LogP contribution >= 0.6 is 0 Å². The molecule has 27 heavy (non-hydrogen) atoms. The van der Waals surface area contributed by atoms with Crippen molar-refractivity contribution in [3.63, 3.8) is 0 Å². The van der Waals surface area contributed by atoms with Gasteiger partial charge in [-0.25, -0.2) is 4.68 Å². The van der Waals surface area contributed by atoms with Crippen molar-refractivity contribution in [2.75, 3.05) is 0 Å². The third-order valence-electron chi connectivity index (χ3n) is 4.26. The van der Waals surface area contributed by atoms with E-state index in [-0.39, 0.29) is 5.56 Å². The molecular formula is C23H30N2O2. The number of hydrogen-bond donors (Lipinski definition) is 0. The van der Waals surface area contributed by atoms with Crippen molar-refractivity contribution < 1.29 is 4.74 Å². The number of hydrogen-bond acceptors (Lipinski definition) is 3. The van der Waals surface area contributed by atoms with E-state index in [1.54, 1.807) is 11.6 Å². The van der Waals surface area contributed by atoms with Gasteiger partial charge in [-0.05, 0) is 43.2 Å². The standard InChI is InChI=1S/C23H30N2O2/c1-8-18(7)27-22-20(13-15(2)3)24-25(14-16(4)5)23(26)21(22)19-12-10-9-11-17(19)6/h1,9-12,15-16,18H,13-14H2,2-7H3. The maximum absolute atomic E-state index is 13.4. The van der Waals surface area contributed by atoms with Crippen LogP contribution in [0.1, 0.15) is 45.9 Å². The van der Waals surface area contributed by atoms with E-state index in [0.717, 1.165) is 16.8 Å². The summed E-state index contributed by atoms with van der Waals surface area (Å²) in [5, 5.41) is 4.67. The zero-order valence-electron chi connectivity index (χ0n) is 17.2. The van der Waals surface area contributed by atoms with Gasteiger partial charge in [0.25, 0.3) is 5.56 Å². The van der Waals surface area contributed by atoms with Gasteiger partial charge in [0.2, 0.25) is 0 Å². The van der Waals surface area contributed by atoms with Gasteiger partial charge in [-0.3, -0.25) is 4.79 Å². The molecule has 1 heterocycles. The van der Waals surface area contributed by atoms with E-state index in [0.29, 0.717) is 36.1 Å². The minimum Gasteiger partial charge on any atom is -0.475 e. The number of benzene rings is 1. The lowest BCUT2D eigenvalue weighted by atomic mass is 9.98. The van der Waals surface area contributed by atoms with Gasteiger partial charge in [0.1, 0.15) is 5.69 Å². The summed E-state index contributed by atoms with van der Waals surface area (Å²) in [7, 11) is 0. The van der Waals surface area contributed by atoms with Crippen LogP contribution in [-0.2, 0) is 13.0 Å². The fourth-order valence-electron chi connectivity index (χ4n) is 3.03. The highest BCUT2D eigenvalue weighted by Gasteiger charge is 2.23. The molecular weight excluding hydrogens is 336 g/mol. The Morgan fingerprint density at radius 1 is 1.15 bits per heavy atom. The Labute approximate surface area is 162 Å². The van der Waals surface area contributed by atoms with Crippen molar-refractivity contribution in [2.24, 2.45) is 11.8 Å². The number of rotatable bonds is 7. The Morgan fingerprint density at radius 3 is 2.37 bits per heavy atom. The van der Waals surface area contributed by atoms with Crippen LogP contribution in [0, 0.1) is 31.1 Å². The maximum atomic E-state index is 13.4. The molecule has 4 nitrogen and oxygen atoms in total. The smallest absolute Gasteiger partial charge is 0.278 e. The highest BCUT2D eigenvalue weighted by Crippen LogP contribution is 2.33. The third-order valence-corrected chi connectivity index (χ3v) is 4.26. The Bertz CT molecular complexity index is 888. The van der Waals surface area contributed by atoms with Gasteiger partial charge in [-0.15, -0.1) is 6.42 Å². The SMILES string of the molecule is C#CC(C)Oc1c(CC(C)C)nn(CC(C)C)c(=O)c1-c1ccccc1C. The summed E-state index contributed by atoms with van der Waals surface area (Å²) >= 11 is 0. The Kier molecular flexibility index (Phi) is 6.85. The van der Waals surface area contributed by atoms with E-state index in [2.05, 4.69) is 38.7 Å². The highest BCUT2D eigenvalue weighted by atomic mass is 16.5. The van der Waals surface area contributed by atoms with Gasteiger partial charge in [-0.2, -0.15) is 5.10 Å². The zero-order valence-corrected chi connectivity index (χ0v) is 17.2. The molecule has 0 bridgehead atoms. The lowest BCUT2D eigenvalue weighted by Crippen LogP contribution is -2.30. The van der Waals surface area contributed by atoms with E-state index < -0.39 is 6.10 Å². The lowest BCUT2D eigenvalue weighted by molar-refractivity contribution is 0.271. The average molecular weight is 367 g/mol. The van der Waals surface area contributed by atoms with E-state index in [9.17, 15) is 4.79 Å². The minimum absolute atomic E-state index is 0.135. The van der Waals surface area contributed by atoms with Crippen molar-refractivity contribution in [3.8, 4) is 29.2 Å². The second-order valence-corrected chi connectivity index (χ2v) is 7.87. The number of terminal acetylenes is 1. The van der Waals surface area contributed by atoms with Crippen LogP contribution in [-0.4, -0.2) is 15.9 Å². The molecule has 2 rings (SSSR count). The summed E-state index contributed by atoms with van der Waals surface area (Å²) in [4.78, 5) is 13.4. The normalized spacial score (nSPS) is 12.3. The Hall–Kier alpha value is -2.54. The first-order valence-corrected chi connectivity index (χ1v) is 9.57. The van der Waals surface area contributed by atoms with E-state index in [1.165, 1.54) is 0 Å². The third kappa shape index (κ3) is 5.01. The molecule has 0 radical (unpaired) electrons. The molecule has 0 aliphatic rings. The summed E-state index contributed by atoms with van der Waals surface area (Å²) in [6.07, 6.45) is 5.81. The van der Waals surface area contributed by atoms with Crippen molar-refractivity contribution in [2.45, 2.75) is 60.6 Å². The lowest BCUT2D eigenvalue weighted by Gasteiger charge is -2.21. The number of aryl methyl sites for hydroxylation is 1. The monoisotopic (exact) mass is 366 g/mol. The number of aromatic nitrogens is 2. The second-order valence-electron chi connectivity index (χ2n) is 7.87. The largest absolute Gasteiger partial charge is 0.475 e. The molecule has 1 aromatic carbocycles. The molecule has 0 fully saturated rings. The van der Waals surface area contributed by atoms with E-state index >= 15 is 0 Å². The molecule has 0 saturated heterocycles. The first-order valence-electron chi connectivity index (χ1n) is 9.57. The second kappa shape index (κ2) is 8.90. The molecule has 4 heteroatoms. The Morgan fingerprint density at radius 2 is 1.81 bits per heavy atom. The molecule has 1 atom stereocenters. The highest BCUT2D eigenvalue weighted by molar-refractivity contribution is 5.73. The molecule has 0 aliphatic carbocycles. The quantitative estimate of drug-likeness (QED) is 0.679. The minimum atomic E-state index is -0.444. The van der Waals surface area contributed by atoms with Crippen LogP contribution in [0.3, 0.4) is 0 Å². The van der Waals surface area contributed by atoms with Crippen LogP contribution in [0.4, 0.5) is 0 Å². The van der Waals surface area contributed by atoms with Crippen LogP contribution in [0.25, 0.3) is 11.1 Å². The molecule has 0 N–H and O–H groups in total. The van der Waals surface area contributed by atoms with E-state index in [1.807, 2.05) is 31.2 Å². The summed E-state index contributed by atoms with van der Waals surface area (Å²) in [6, 6.07) is 7.86. The maximum Gasteiger partial charge on any atom is 0.278 e. The molecule has 0 saturated carbocycles. The van der Waals surface area contributed by atoms with Gasteiger partial charge in [0.15, 0.2) is 11.9 Å². The van der Waals surface area contributed by atoms with E-state index in [4.69, 9.17) is 11.2 Å². The number of nitrogens with zero attached hydrogens (tertiary/aromatic N) is 2. The topological polar surface area (TPSA) is 44.1 Å². The fourth-order valence-corrected chi connectivity index (χ4v) is 3.03. The molecule has 0 amide bonds. The summed E-state index contributed by atoms with van der Waals surface area (Å²) in [6.45, 7) is 12.8. The van der Waals surface area contributed by atoms with Crippen molar-refractivity contribution >= 4 is 0 Å². The van der Waals surface area contributed by atoms with Gasteiger partial charge in [0.05, 0.1) is 5.56 Å². The Balaban J connectivity index is 2.84. The first kappa shape index (κ1) is 20.8. The zero-order chi connectivity index (χ0) is 20.1. The summed E-state index contributed by atoms with van der Waals surface area (Å²) in [5.41, 5.74) is 3.09. The molecule has 144 valence electrons. The molecule has 1 aromatic heterocycles. The molecule has 2 aromatic rings. The predicted molar refractivity (Wildman–Crippen MR) is 111 cm³/mol. The van der Waals surface area contributed by atoms with Crippen LogP contribution in [0.5, 0.6) is 5.75 Å². The predicted octanol–water partition coefficient (Wildman–Crippen LogP) is 4.47.